The molecule has 0 aliphatic carbocycles. The van der Waals surface area contributed by atoms with Crippen LogP contribution in [0.5, 0.6) is 0 Å². The first-order valence-electron chi connectivity index (χ1n) is 7.96. The zero-order chi connectivity index (χ0) is 19.0. The van der Waals surface area contributed by atoms with Gasteiger partial charge in [-0.25, -0.2) is 0 Å². The molecule has 9 heteroatoms. The van der Waals surface area contributed by atoms with Crippen LogP contribution in [0, 0.1) is 0 Å². The van der Waals surface area contributed by atoms with Crippen molar-refractivity contribution in [2.75, 3.05) is 18.0 Å². The highest BCUT2D eigenvalue weighted by molar-refractivity contribution is 9.10. The number of carbonyl (C=O) groups excluding carboxylic acids is 2. The molecule has 136 valence electrons. The fourth-order valence-electron chi connectivity index (χ4n) is 2.97. The number of amides is 2. The molecule has 1 fully saturated rings. The van der Waals surface area contributed by atoms with Gasteiger partial charge in [0.05, 0.1) is 16.2 Å². The monoisotopic (exact) mass is 454 g/mol. The maximum absolute atomic E-state index is 12.9. The number of halogens is 1. The number of hydrogen-bond acceptors (Lipinski definition) is 5. The number of anilines is 1. The van der Waals surface area contributed by atoms with Crippen LogP contribution in [0.4, 0.5) is 5.69 Å². The van der Waals surface area contributed by atoms with Gasteiger partial charge in [0.15, 0.2) is 0 Å². The summed E-state index contributed by atoms with van der Waals surface area (Å²) in [6.45, 7) is 2.60. The molecule has 0 radical (unpaired) electrons. The van der Waals surface area contributed by atoms with Gasteiger partial charge in [-0.05, 0) is 31.5 Å². The molecule has 1 aromatic rings. The number of hydrogen-bond donors (Lipinski definition) is 1. The number of carboxylic acid groups (broad SMARTS) is 1. The number of thiocarbonyl (C=S) groups is 1. The van der Waals surface area contributed by atoms with E-state index in [9.17, 15) is 14.4 Å². The minimum absolute atomic E-state index is 0.0404. The second-order valence-corrected chi connectivity index (χ2v) is 8.30. The Bertz CT molecular complexity index is 868. The molecule has 0 bridgehead atoms. The number of rotatable bonds is 5. The summed E-state index contributed by atoms with van der Waals surface area (Å²) in [7, 11) is 0. The third-order valence-corrected chi connectivity index (χ3v) is 6.08. The van der Waals surface area contributed by atoms with E-state index in [2.05, 4.69) is 15.9 Å². The summed E-state index contributed by atoms with van der Waals surface area (Å²) in [5.74, 6) is -1.47. The number of carboxylic acids is 1. The molecular formula is C17H15BrN2O4S2. The molecule has 0 atom stereocenters. The number of thioether (sulfide) groups is 1. The SMILES string of the molecule is CCN1C(=O)/C(=C2\SC(=S)N(CCCC(=O)O)C2=O)c2cc(Br)ccc21. The molecule has 2 aliphatic rings. The Morgan fingerprint density at radius 2 is 2.00 bits per heavy atom. The van der Waals surface area contributed by atoms with Crippen LogP contribution in [-0.2, 0) is 14.4 Å². The summed E-state index contributed by atoms with van der Waals surface area (Å²) in [5, 5.41) is 8.76. The predicted molar refractivity (Wildman–Crippen MR) is 108 cm³/mol. The van der Waals surface area contributed by atoms with E-state index >= 15 is 0 Å². The molecule has 0 unspecified atom stereocenters. The maximum atomic E-state index is 12.9. The van der Waals surface area contributed by atoms with Crippen LogP contribution in [0.1, 0.15) is 25.3 Å². The first kappa shape index (κ1) is 19.1. The molecule has 1 saturated heterocycles. The fourth-order valence-corrected chi connectivity index (χ4v) is 4.71. The van der Waals surface area contributed by atoms with Crippen LogP contribution >= 0.6 is 39.9 Å². The lowest BCUT2D eigenvalue weighted by molar-refractivity contribution is -0.137. The van der Waals surface area contributed by atoms with Crippen LogP contribution in [0.3, 0.4) is 0 Å². The number of likely N-dealkylation sites (N-methyl/N-ethyl adjacent to an activating group) is 1. The minimum Gasteiger partial charge on any atom is -0.481 e. The summed E-state index contributed by atoms with van der Waals surface area (Å²) in [6, 6.07) is 5.53. The standard InChI is InChI=1S/C17H15BrN2O4S2/c1-2-19-11-6-5-9(18)8-10(11)13(15(19)23)14-16(24)20(17(25)26-14)7-3-4-12(21)22/h5-6,8H,2-4,7H2,1H3,(H,21,22)/b14-13-. The van der Waals surface area contributed by atoms with Crippen LogP contribution in [0.15, 0.2) is 27.6 Å². The summed E-state index contributed by atoms with van der Waals surface area (Å²) in [5.41, 5.74) is 1.84. The Balaban J connectivity index is 1.99. The van der Waals surface area contributed by atoms with E-state index in [0.29, 0.717) is 33.3 Å². The van der Waals surface area contributed by atoms with Crippen molar-refractivity contribution in [3.63, 3.8) is 0 Å². The zero-order valence-corrected chi connectivity index (χ0v) is 17.0. The van der Waals surface area contributed by atoms with Gasteiger partial charge in [-0.3, -0.25) is 19.3 Å². The molecule has 1 N–H and O–H groups in total. The first-order chi connectivity index (χ1) is 12.3. The second kappa shape index (κ2) is 7.50. The number of carbonyl (C=O) groups is 3. The van der Waals surface area contributed by atoms with Crippen molar-refractivity contribution >= 4 is 73.3 Å². The van der Waals surface area contributed by atoms with Crippen LogP contribution in [0.2, 0.25) is 0 Å². The molecule has 3 rings (SSSR count). The quantitative estimate of drug-likeness (QED) is 0.543. The van der Waals surface area contributed by atoms with Gasteiger partial charge in [0.2, 0.25) is 0 Å². The number of fused-ring (bicyclic) bond motifs is 1. The molecule has 0 aromatic heterocycles. The van der Waals surface area contributed by atoms with Crippen molar-refractivity contribution < 1.29 is 19.5 Å². The summed E-state index contributed by atoms with van der Waals surface area (Å²) in [4.78, 5) is 39.8. The third kappa shape index (κ3) is 3.30. The molecule has 2 amide bonds. The molecule has 0 spiro atoms. The van der Waals surface area contributed by atoms with Gasteiger partial charge in [-0.1, -0.05) is 39.9 Å². The van der Waals surface area contributed by atoms with Crippen molar-refractivity contribution in [3.05, 3.63) is 33.1 Å². The highest BCUT2D eigenvalue weighted by atomic mass is 79.9. The van der Waals surface area contributed by atoms with Crippen molar-refractivity contribution in [2.24, 2.45) is 0 Å². The highest BCUT2D eigenvalue weighted by Crippen LogP contribution is 2.45. The maximum Gasteiger partial charge on any atom is 0.303 e. The van der Waals surface area contributed by atoms with E-state index in [4.69, 9.17) is 17.3 Å². The van der Waals surface area contributed by atoms with Gasteiger partial charge < -0.3 is 10.0 Å². The number of aliphatic carboxylic acids is 1. The van der Waals surface area contributed by atoms with E-state index in [1.54, 1.807) is 4.90 Å². The van der Waals surface area contributed by atoms with Crippen molar-refractivity contribution in [1.29, 1.82) is 0 Å². The van der Waals surface area contributed by atoms with Gasteiger partial charge in [0, 0.05) is 29.5 Å². The number of nitrogens with zero attached hydrogens (tertiary/aromatic N) is 2. The van der Waals surface area contributed by atoms with Crippen LogP contribution < -0.4 is 4.90 Å². The molecular weight excluding hydrogens is 440 g/mol. The van der Waals surface area contributed by atoms with Crippen LogP contribution in [-0.4, -0.2) is 45.2 Å². The van der Waals surface area contributed by atoms with E-state index in [1.165, 1.54) is 4.90 Å². The lowest BCUT2D eigenvalue weighted by Gasteiger charge is -2.14. The Labute approximate surface area is 168 Å². The number of benzene rings is 1. The normalized spacial score (nSPS) is 19.5. The van der Waals surface area contributed by atoms with Gasteiger partial charge >= 0.3 is 5.97 Å². The predicted octanol–water partition coefficient (Wildman–Crippen LogP) is 3.25. The van der Waals surface area contributed by atoms with Gasteiger partial charge in [-0.2, -0.15) is 0 Å². The molecule has 2 aliphatic heterocycles. The lowest BCUT2D eigenvalue weighted by atomic mass is 10.1. The van der Waals surface area contributed by atoms with Crippen LogP contribution in [0.25, 0.3) is 5.57 Å². The fraction of sp³-hybridized carbons (Fsp3) is 0.294. The Morgan fingerprint density at radius 3 is 2.65 bits per heavy atom. The van der Waals surface area contributed by atoms with E-state index in [-0.39, 0.29) is 24.8 Å². The second-order valence-electron chi connectivity index (χ2n) is 5.74. The Morgan fingerprint density at radius 1 is 1.27 bits per heavy atom. The first-order valence-corrected chi connectivity index (χ1v) is 9.98. The Kier molecular flexibility index (Phi) is 5.50. The molecule has 2 heterocycles. The van der Waals surface area contributed by atoms with Gasteiger partial charge in [0.1, 0.15) is 4.32 Å². The largest absolute Gasteiger partial charge is 0.481 e. The van der Waals surface area contributed by atoms with Gasteiger partial charge in [-0.15, -0.1) is 0 Å². The summed E-state index contributed by atoms with van der Waals surface area (Å²) in [6.07, 6.45) is 0.267. The average Bonchev–Trinajstić information content (AvgIpc) is 3.00. The molecule has 26 heavy (non-hydrogen) atoms. The summed E-state index contributed by atoms with van der Waals surface area (Å²) < 4.78 is 1.17. The average molecular weight is 455 g/mol. The lowest BCUT2D eigenvalue weighted by Crippen LogP contribution is -2.30. The van der Waals surface area contributed by atoms with Crippen molar-refractivity contribution in [3.8, 4) is 0 Å². The topological polar surface area (TPSA) is 77.9 Å². The molecule has 1 aromatic carbocycles. The summed E-state index contributed by atoms with van der Waals surface area (Å²) >= 11 is 9.80. The van der Waals surface area contributed by atoms with E-state index < -0.39 is 5.97 Å². The third-order valence-electron chi connectivity index (χ3n) is 4.14. The smallest absolute Gasteiger partial charge is 0.303 e. The van der Waals surface area contributed by atoms with E-state index in [0.717, 1.165) is 21.9 Å². The van der Waals surface area contributed by atoms with Crippen molar-refractivity contribution in [2.45, 2.75) is 19.8 Å². The molecule has 0 saturated carbocycles. The van der Waals surface area contributed by atoms with E-state index in [1.807, 2.05) is 25.1 Å². The van der Waals surface area contributed by atoms with Crippen molar-refractivity contribution in [1.82, 2.24) is 4.90 Å². The Hall–Kier alpha value is -1.71. The van der Waals surface area contributed by atoms with Gasteiger partial charge in [0.25, 0.3) is 11.8 Å². The molecule has 6 nitrogen and oxygen atoms in total. The minimum atomic E-state index is -0.919. The highest BCUT2D eigenvalue weighted by Gasteiger charge is 2.41. The zero-order valence-electron chi connectivity index (χ0n) is 13.8.